The summed E-state index contributed by atoms with van der Waals surface area (Å²) in [5, 5.41) is 11.8. The number of ether oxygens (including phenoxy) is 1. The Morgan fingerprint density at radius 1 is 1.36 bits per heavy atom. The highest BCUT2D eigenvalue weighted by Gasteiger charge is 2.26. The number of hydrogen-bond acceptors (Lipinski definition) is 3. The molecule has 0 radical (unpaired) electrons. The number of carboxylic acids is 1. The van der Waals surface area contributed by atoms with E-state index in [1.807, 2.05) is 38.1 Å². The van der Waals surface area contributed by atoms with E-state index in [0.29, 0.717) is 13.0 Å². The molecule has 5 nitrogen and oxygen atoms in total. The molecule has 1 aliphatic heterocycles. The number of nitrogens with one attached hydrogen (secondary N) is 1. The molecule has 0 spiro atoms. The van der Waals surface area contributed by atoms with Crippen molar-refractivity contribution in [3.63, 3.8) is 0 Å². The molecule has 2 N–H and O–H groups in total. The number of aliphatic carboxylic acids is 1. The number of hydrogen-bond donors (Lipinski definition) is 2. The molecule has 1 heterocycles. The van der Waals surface area contributed by atoms with Crippen molar-refractivity contribution < 1.29 is 19.4 Å². The summed E-state index contributed by atoms with van der Waals surface area (Å²) >= 11 is 0. The van der Waals surface area contributed by atoms with Crippen LogP contribution in [0.25, 0.3) is 0 Å². The van der Waals surface area contributed by atoms with Crippen molar-refractivity contribution in [3.8, 4) is 0 Å². The van der Waals surface area contributed by atoms with Gasteiger partial charge in [0, 0.05) is 0 Å². The maximum Gasteiger partial charge on any atom is 0.326 e. The van der Waals surface area contributed by atoms with Crippen molar-refractivity contribution in [2.45, 2.75) is 45.3 Å². The van der Waals surface area contributed by atoms with Crippen LogP contribution in [0.3, 0.4) is 0 Å². The smallest absolute Gasteiger partial charge is 0.326 e. The van der Waals surface area contributed by atoms with Crippen molar-refractivity contribution >= 4 is 11.9 Å². The predicted octanol–water partition coefficient (Wildman–Crippen LogP) is 2.31. The Morgan fingerprint density at radius 3 is 2.77 bits per heavy atom. The summed E-state index contributed by atoms with van der Waals surface area (Å²) in [7, 11) is 0. The van der Waals surface area contributed by atoms with Gasteiger partial charge in [0.1, 0.15) is 6.04 Å². The minimum Gasteiger partial charge on any atom is -0.480 e. The van der Waals surface area contributed by atoms with E-state index in [1.165, 1.54) is 5.56 Å². The standard InChI is InChI=1S/C17H23NO4/c1-11(2)9-14(17(20)21)18-16(19)10-15-13-6-4-3-5-12(13)7-8-22-15/h3-6,11,14-15H,7-10H2,1-2H3,(H,18,19)(H,20,21). The van der Waals surface area contributed by atoms with Gasteiger partial charge in [-0.15, -0.1) is 0 Å². The van der Waals surface area contributed by atoms with E-state index in [9.17, 15) is 14.7 Å². The summed E-state index contributed by atoms with van der Waals surface area (Å²) in [6.07, 6.45) is 1.13. The van der Waals surface area contributed by atoms with E-state index >= 15 is 0 Å². The van der Waals surface area contributed by atoms with Gasteiger partial charge in [0.05, 0.1) is 19.1 Å². The molecule has 2 atom stereocenters. The first kappa shape index (κ1) is 16.5. The van der Waals surface area contributed by atoms with Crippen LogP contribution in [0.1, 0.15) is 43.9 Å². The van der Waals surface area contributed by atoms with Crippen LogP contribution in [-0.4, -0.2) is 29.6 Å². The van der Waals surface area contributed by atoms with Gasteiger partial charge in [0.15, 0.2) is 0 Å². The van der Waals surface area contributed by atoms with Gasteiger partial charge >= 0.3 is 5.97 Å². The number of benzene rings is 1. The lowest BCUT2D eigenvalue weighted by molar-refractivity contribution is -0.142. The molecule has 1 aliphatic rings. The molecular formula is C17H23NO4. The summed E-state index contributed by atoms with van der Waals surface area (Å²) in [6.45, 7) is 4.45. The predicted molar refractivity (Wildman–Crippen MR) is 82.5 cm³/mol. The average Bonchev–Trinajstić information content (AvgIpc) is 2.46. The lowest BCUT2D eigenvalue weighted by Gasteiger charge is -2.26. The SMILES string of the molecule is CC(C)CC(NC(=O)CC1OCCc2ccccc21)C(=O)O. The van der Waals surface area contributed by atoms with Gasteiger partial charge in [-0.1, -0.05) is 38.1 Å². The molecular weight excluding hydrogens is 282 g/mol. The van der Waals surface area contributed by atoms with Crippen LogP contribution in [0, 0.1) is 5.92 Å². The maximum atomic E-state index is 12.2. The molecule has 1 aromatic rings. The van der Waals surface area contributed by atoms with Gasteiger partial charge < -0.3 is 15.2 Å². The van der Waals surface area contributed by atoms with Crippen LogP contribution in [0.4, 0.5) is 0 Å². The molecule has 0 saturated heterocycles. The Morgan fingerprint density at radius 2 is 2.09 bits per heavy atom. The average molecular weight is 305 g/mol. The molecule has 5 heteroatoms. The normalized spacial score (nSPS) is 18.6. The molecule has 22 heavy (non-hydrogen) atoms. The van der Waals surface area contributed by atoms with Crippen molar-refractivity contribution in [1.29, 1.82) is 0 Å². The second-order valence-electron chi connectivity index (χ2n) is 6.10. The highest BCUT2D eigenvalue weighted by atomic mass is 16.5. The summed E-state index contributed by atoms with van der Waals surface area (Å²) in [4.78, 5) is 23.4. The zero-order chi connectivity index (χ0) is 16.1. The fourth-order valence-electron chi connectivity index (χ4n) is 2.76. The van der Waals surface area contributed by atoms with Gasteiger partial charge in [-0.05, 0) is 29.9 Å². The van der Waals surface area contributed by atoms with Gasteiger partial charge in [-0.3, -0.25) is 4.79 Å². The van der Waals surface area contributed by atoms with Crippen molar-refractivity contribution in [2.75, 3.05) is 6.61 Å². The molecule has 120 valence electrons. The first-order chi connectivity index (χ1) is 10.5. The van der Waals surface area contributed by atoms with Crippen molar-refractivity contribution in [1.82, 2.24) is 5.32 Å². The Kier molecular flexibility index (Phi) is 5.55. The lowest BCUT2D eigenvalue weighted by Crippen LogP contribution is -2.42. The van der Waals surface area contributed by atoms with Crippen molar-refractivity contribution in [2.24, 2.45) is 5.92 Å². The summed E-state index contributed by atoms with van der Waals surface area (Å²) in [5.74, 6) is -1.07. The summed E-state index contributed by atoms with van der Waals surface area (Å²) in [6, 6.07) is 7.07. The maximum absolute atomic E-state index is 12.2. The fraction of sp³-hybridized carbons (Fsp3) is 0.529. The Bertz CT molecular complexity index is 541. The minimum absolute atomic E-state index is 0.152. The first-order valence-corrected chi connectivity index (χ1v) is 7.69. The Labute approximate surface area is 130 Å². The van der Waals surface area contributed by atoms with Gasteiger partial charge in [0.25, 0.3) is 0 Å². The van der Waals surface area contributed by atoms with Gasteiger partial charge in [-0.25, -0.2) is 4.79 Å². The molecule has 0 fully saturated rings. The third-order valence-electron chi connectivity index (χ3n) is 3.80. The largest absolute Gasteiger partial charge is 0.480 e. The van der Waals surface area contributed by atoms with E-state index in [0.717, 1.165) is 12.0 Å². The lowest BCUT2D eigenvalue weighted by atomic mass is 9.95. The van der Waals surface area contributed by atoms with E-state index in [1.54, 1.807) is 0 Å². The number of carboxylic acid groups (broad SMARTS) is 1. The van der Waals surface area contributed by atoms with Crippen molar-refractivity contribution in [3.05, 3.63) is 35.4 Å². The van der Waals surface area contributed by atoms with Crippen LogP contribution in [-0.2, 0) is 20.7 Å². The molecule has 0 aromatic heterocycles. The van der Waals surface area contributed by atoms with Crippen LogP contribution in [0.15, 0.2) is 24.3 Å². The summed E-state index contributed by atoms with van der Waals surface area (Å²) in [5.41, 5.74) is 2.23. The zero-order valence-corrected chi connectivity index (χ0v) is 13.0. The monoisotopic (exact) mass is 305 g/mol. The Hall–Kier alpha value is -1.88. The third-order valence-corrected chi connectivity index (χ3v) is 3.80. The van der Waals surface area contributed by atoms with Gasteiger partial charge in [0.2, 0.25) is 5.91 Å². The molecule has 0 bridgehead atoms. The molecule has 2 rings (SSSR count). The van der Waals surface area contributed by atoms with E-state index in [4.69, 9.17) is 4.74 Å². The quantitative estimate of drug-likeness (QED) is 0.845. The number of carbonyl (C=O) groups excluding carboxylic acids is 1. The molecule has 2 unspecified atom stereocenters. The summed E-state index contributed by atoms with van der Waals surface area (Å²) < 4.78 is 5.69. The number of amides is 1. The number of fused-ring (bicyclic) bond motifs is 1. The third kappa shape index (κ3) is 4.31. The number of carbonyl (C=O) groups is 2. The fourth-order valence-corrected chi connectivity index (χ4v) is 2.76. The van der Waals surface area contributed by atoms with E-state index in [-0.39, 0.29) is 24.3 Å². The first-order valence-electron chi connectivity index (χ1n) is 7.69. The van der Waals surface area contributed by atoms with Gasteiger partial charge in [-0.2, -0.15) is 0 Å². The van der Waals surface area contributed by atoms with Crippen LogP contribution in [0.5, 0.6) is 0 Å². The van der Waals surface area contributed by atoms with Crippen LogP contribution < -0.4 is 5.32 Å². The second-order valence-corrected chi connectivity index (χ2v) is 6.10. The molecule has 1 aromatic carbocycles. The highest BCUT2D eigenvalue weighted by molar-refractivity contribution is 5.83. The minimum atomic E-state index is -0.994. The molecule has 1 amide bonds. The molecule has 0 aliphatic carbocycles. The number of rotatable bonds is 6. The van der Waals surface area contributed by atoms with E-state index in [2.05, 4.69) is 5.32 Å². The highest BCUT2D eigenvalue weighted by Crippen LogP contribution is 2.29. The van der Waals surface area contributed by atoms with Crippen LogP contribution >= 0.6 is 0 Å². The second kappa shape index (κ2) is 7.40. The van der Waals surface area contributed by atoms with Crippen LogP contribution in [0.2, 0.25) is 0 Å². The topological polar surface area (TPSA) is 75.6 Å². The van der Waals surface area contributed by atoms with E-state index < -0.39 is 12.0 Å². The molecule has 0 saturated carbocycles. The zero-order valence-electron chi connectivity index (χ0n) is 13.0. The Balaban J connectivity index is 1.99.